The molecule has 0 fully saturated rings. The molecule has 1 aliphatic heterocycles. The third-order valence-electron chi connectivity index (χ3n) is 3.28. The Morgan fingerprint density at radius 3 is 2.88 bits per heavy atom. The number of aromatic hydroxyl groups is 1. The Balaban J connectivity index is 1.75. The molecular weight excluding hydrogens is 312 g/mol. The van der Waals surface area contributed by atoms with Gasteiger partial charge in [-0.25, -0.2) is 5.43 Å². The molecule has 7 heteroatoms. The number of nitrogens with one attached hydrogen (secondary N) is 1. The molecule has 2 aromatic rings. The second kappa shape index (κ2) is 6.91. The molecule has 0 saturated carbocycles. The Labute approximate surface area is 138 Å². The van der Waals surface area contributed by atoms with Crippen LogP contribution in [0.3, 0.4) is 0 Å². The van der Waals surface area contributed by atoms with Gasteiger partial charge in [0.05, 0.1) is 12.8 Å². The van der Waals surface area contributed by atoms with E-state index in [1.165, 1.54) is 18.3 Å². The SMILES string of the molecule is CCOc1cc2c(cc1/C=N\NC(=O)c1cccc(O)c1)OCO2. The summed E-state index contributed by atoms with van der Waals surface area (Å²) in [4.78, 5) is 12.0. The van der Waals surface area contributed by atoms with Crippen LogP contribution in [0, 0.1) is 0 Å². The highest BCUT2D eigenvalue weighted by atomic mass is 16.7. The zero-order valence-corrected chi connectivity index (χ0v) is 13.0. The maximum atomic E-state index is 12.0. The number of amides is 1. The molecule has 0 atom stereocenters. The smallest absolute Gasteiger partial charge is 0.271 e. The van der Waals surface area contributed by atoms with E-state index in [0.717, 1.165) is 0 Å². The minimum atomic E-state index is -0.430. The first-order valence-corrected chi connectivity index (χ1v) is 7.36. The van der Waals surface area contributed by atoms with Crippen LogP contribution in [0.15, 0.2) is 41.5 Å². The van der Waals surface area contributed by atoms with Crippen LogP contribution in [0.4, 0.5) is 0 Å². The van der Waals surface area contributed by atoms with Crippen LogP contribution in [0.25, 0.3) is 0 Å². The van der Waals surface area contributed by atoms with Crippen molar-refractivity contribution in [3.05, 3.63) is 47.5 Å². The van der Waals surface area contributed by atoms with Gasteiger partial charge in [-0.15, -0.1) is 0 Å². The van der Waals surface area contributed by atoms with Gasteiger partial charge in [0.25, 0.3) is 5.91 Å². The van der Waals surface area contributed by atoms with Gasteiger partial charge in [-0.1, -0.05) is 6.07 Å². The zero-order chi connectivity index (χ0) is 16.9. The van der Waals surface area contributed by atoms with Crippen LogP contribution in [0.5, 0.6) is 23.0 Å². The first-order valence-electron chi connectivity index (χ1n) is 7.36. The van der Waals surface area contributed by atoms with E-state index in [-0.39, 0.29) is 12.5 Å². The molecule has 0 aliphatic carbocycles. The van der Waals surface area contributed by atoms with Crippen LogP contribution in [-0.4, -0.2) is 30.6 Å². The summed E-state index contributed by atoms with van der Waals surface area (Å²) in [5.41, 5.74) is 3.36. The predicted octanol–water partition coefficient (Wildman–Crippen LogP) is 2.28. The second-order valence-corrected chi connectivity index (χ2v) is 4.93. The average Bonchev–Trinajstić information content (AvgIpc) is 3.02. The molecule has 0 saturated heterocycles. The second-order valence-electron chi connectivity index (χ2n) is 4.93. The van der Waals surface area contributed by atoms with Crippen molar-refractivity contribution in [3.8, 4) is 23.0 Å². The minimum absolute atomic E-state index is 0.0148. The Morgan fingerprint density at radius 1 is 1.33 bits per heavy atom. The lowest BCUT2D eigenvalue weighted by molar-refractivity contribution is 0.0954. The summed E-state index contributed by atoms with van der Waals surface area (Å²) in [6, 6.07) is 9.47. The number of hydrazone groups is 1. The zero-order valence-electron chi connectivity index (χ0n) is 13.0. The number of hydrogen-bond donors (Lipinski definition) is 2. The maximum Gasteiger partial charge on any atom is 0.271 e. The third-order valence-corrected chi connectivity index (χ3v) is 3.28. The molecule has 0 spiro atoms. The third kappa shape index (κ3) is 3.40. The summed E-state index contributed by atoms with van der Waals surface area (Å²) < 4.78 is 16.2. The van der Waals surface area contributed by atoms with E-state index in [9.17, 15) is 9.90 Å². The summed E-state index contributed by atoms with van der Waals surface area (Å²) >= 11 is 0. The van der Waals surface area contributed by atoms with Gasteiger partial charge in [0, 0.05) is 17.2 Å². The summed E-state index contributed by atoms with van der Waals surface area (Å²) in [6.07, 6.45) is 1.47. The number of phenolic OH excluding ortho intramolecular Hbond substituents is 1. The van der Waals surface area contributed by atoms with Gasteiger partial charge in [-0.05, 0) is 31.2 Å². The van der Waals surface area contributed by atoms with Gasteiger partial charge < -0.3 is 19.3 Å². The fourth-order valence-corrected chi connectivity index (χ4v) is 2.19. The normalized spacial score (nSPS) is 12.4. The molecule has 0 radical (unpaired) electrons. The highest BCUT2D eigenvalue weighted by Gasteiger charge is 2.17. The predicted molar refractivity (Wildman–Crippen MR) is 86.9 cm³/mol. The van der Waals surface area contributed by atoms with E-state index in [4.69, 9.17) is 14.2 Å². The molecule has 1 heterocycles. The highest BCUT2D eigenvalue weighted by molar-refractivity contribution is 5.95. The van der Waals surface area contributed by atoms with Crippen molar-refractivity contribution < 1.29 is 24.1 Å². The molecule has 0 aromatic heterocycles. The van der Waals surface area contributed by atoms with Crippen molar-refractivity contribution in [2.24, 2.45) is 5.10 Å². The van der Waals surface area contributed by atoms with Crippen molar-refractivity contribution >= 4 is 12.1 Å². The number of benzene rings is 2. The molecular formula is C17H16N2O5. The van der Waals surface area contributed by atoms with Crippen LogP contribution >= 0.6 is 0 Å². The lowest BCUT2D eigenvalue weighted by Crippen LogP contribution is -2.17. The molecule has 1 aliphatic rings. The van der Waals surface area contributed by atoms with E-state index in [1.54, 1.807) is 24.3 Å². The molecule has 24 heavy (non-hydrogen) atoms. The van der Waals surface area contributed by atoms with Gasteiger partial charge in [0.2, 0.25) is 6.79 Å². The molecule has 0 bridgehead atoms. The van der Waals surface area contributed by atoms with E-state index in [0.29, 0.717) is 35.0 Å². The summed E-state index contributed by atoms with van der Waals surface area (Å²) in [6.45, 7) is 2.51. The fourth-order valence-electron chi connectivity index (χ4n) is 2.19. The van der Waals surface area contributed by atoms with Crippen LogP contribution < -0.4 is 19.6 Å². The number of rotatable bonds is 5. The number of phenols is 1. The first-order chi connectivity index (χ1) is 11.7. The van der Waals surface area contributed by atoms with E-state index >= 15 is 0 Å². The lowest BCUT2D eigenvalue weighted by atomic mass is 10.2. The summed E-state index contributed by atoms with van der Waals surface area (Å²) in [5, 5.41) is 13.3. The van der Waals surface area contributed by atoms with Crippen LogP contribution in [0.1, 0.15) is 22.8 Å². The molecule has 7 nitrogen and oxygen atoms in total. The maximum absolute atomic E-state index is 12.0. The molecule has 1 amide bonds. The van der Waals surface area contributed by atoms with Crippen molar-refractivity contribution in [2.75, 3.05) is 13.4 Å². The van der Waals surface area contributed by atoms with Crippen molar-refractivity contribution in [3.63, 3.8) is 0 Å². The standard InChI is InChI=1S/C17H16N2O5/c1-2-22-14-8-16-15(23-10-24-16)7-12(14)9-18-19-17(21)11-4-3-5-13(20)6-11/h3-9,20H,2,10H2,1H3,(H,19,21)/b18-9-. The highest BCUT2D eigenvalue weighted by Crippen LogP contribution is 2.37. The molecule has 2 N–H and O–H groups in total. The number of carbonyl (C=O) groups excluding carboxylic acids is 1. The largest absolute Gasteiger partial charge is 0.508 e. The fraction of sp³-hybridized carbons (Fsp3) is 0.176. The van der Waals surface area contributed by atoms with Crippen molar-refractivity contribution in [1.29, 1.82) is 0 Å². The molecule has 124 valence electrons. The van der Waals surface area contributed by atoms with Crippen molar-refractivity contribution in [1.82, 2.24) is 5.43 Å². The Morgan fingerprint density at radius 2 is 2.12 bits per heavy atom. The average molecular weight is 328 g/mol. The van der Waals surface area contributed by atoms with Gasteiger partial charge in [0.1, 0.15) is 11.5 Å². The van der Waals surface area contributed by atoms with E-state index < -0.39 is 5.91 Å². The first kappa shape index (κ1) is 15.7. The van der Waals surface area contributed by atoms with Gasteiger partial charge in [-0.3, -0.25) is 4.79 Å². The monoisotopic (exact) mass is 328 g/mol. The Kier molecular flexibility index (Phi) is 4.51. The van der Waals surface area contributed by atoms with Gasteiger partial charge in [-0.2, -0.15) is 5.10 Å². The van der Waals surface area contributed by atoms with E-state index in [1.807, 2.05) is 6.92 Å². The quantitative estimate of drug-likeness (QED) is 0.649. The number of carbonyl (C=O) groups is 1. The topological polar surface area (TPSA) is 89.4 Å². The Hall–Kier alpha value is -3.22. The Bertz CT molecular complexity index is 789. The van der Waals surface area contributed by atoms with Crippen molar-refractivity contribution in [2.45, 2.75) is 6.92 Å². The van der Waals surface area contributed by atoms with E-state index in [2.05, 4.69) is 10.5 Å². The molecule has 2 aromatic carbocycles. The number of fused-ring (bicyclic) bond motifs is 1. The van der Waals surface area contributed by atoms with Crippen LogP contribution in [-0.2, 0) is 0 Å². The number of ether oxygens (including phenoxy) is 3. The molecule has 0 unspecified atom stereocenters. The minimum Gasteiger partial charge on any atom is -0.508 e. The van der Waals surface area contributed by atoms with Gasteiger partial charge >= 0.3 is 0 Å². The summed E-state index contributed by atoms with van der Waals surface area (Å²) in [7, 11) is 0. The summed E-state index contributed by atoms with van der Waals surface area (Å²) in [5.74, 6) is 1.37. The lowest BCUT2D eigenvalue weighted by Gasteiger charge is -2.08. The van der Waals surface area contributed by atoms with Gasteiger partial charge in [0.15, 0.2) is 11.5 Å². The molecule has 3 rings (SSSR count). The number of hydrogen-bond acceptors (Lipinski definition) is 6. The number of nitrogens with zero attached hydrogens (tertiary/aromatic N) is 1. The van der Waals surface area contributed by atoms with Crippen LogP contribution in [0.2, 0.25) is 0 Å².